The largest absolute Gasteiger partial charge is 0.383 e. The molecular weight excluding hydrogens is 184 g/mol. The monoisotopic (exact) mass is 204 g/mol. The van der Waals surface area contributed by atoms with Crippen LogP contribution in [0.25, 0.3) is 0 Å². The molecular formula is C13H20N2. The third-order valence-corrected chi connectivity index (χ3v) is 3.34. The SMILES string of the molecule is Cc1cc(C)c2c(c1)NCCC(C)N2C. The van der Waals surface area contributed by atoms with Gasteiger partial charge in [-0.15, -0.1) is 0 Å². The highest BCUT2D eigenvalue weighted by atomic mass is 15.2. The average molecular weight is 204 g/mol. The number of rotatable bonds is 0. The predicted molar refractivity (Wildman–Crippen MR) is 66.9 cm³/mol. The molecule has 1 aromatic rings. The molecule has 2 nitrogen and oxygen atoms in total. The van der Waals surface area contributed by atoms with E-state index in [-0.39, 0.29) is 0 Å². The Balaban J connectivity index is 2.53. The van der Waals surface area contributed by atoms with Crippen LogP contribution in [0.2, 0.25) is 0 Å². The van der Waals surface area contributed by atoms with Crippen LogP contribution in [0.5, 0.6) is 0 Å². The molecule has 1 aromatic carbocycles. The Morgan fingerprint density at radius 1 is 1.33 bits per heavy atom. The van der Waals surface area contributed by atoms with E-state index < -0.39 is 0 Å². The topological polar surface area (TPSA) is 15.3 Å². The molecule has 1 unspecified atom stereocenters. The standard InChI is InChI=1S/C13H20N2/c1-9-7-10(2)13-12(8-9)14-6-5-11(3)15(13)4/h7-8,11,14H,5-6H2,1-4H3. The van der Waals surface area contributed by atoms with E-state index in [0.717, 1.165) is 6.54 Å². The van der Waals surface area contributed by atoms with E-state index >= 15 is 0 Å². The lowest BCUT2D eigenvalue weighted by atomic mass is 10.1. The molecule has 15 heavy (non-hydrogen) atoms. The van der Waals surface area contributed by atoms with Crippen molar-refractivity contribution in [3.05, 3.63) is 23.3 Å². The summed E-state index contributed by atoms with van der Waals surface area (Å²) in [5.74, 6) is 0. The third kappa shape index (κ3) is 1.81. The zero-order valence-electron chi connectivity index (χ0n) is 10.1. The number of hydrogen-bond acceptors (Lipinski definition) is 2. The van der Waals surface area contributed by atoms with E-state index in [2.05, 4.69) is 50.2 Å². The van der Waals surface area contributed by atoms with Crippen molar-refractivity contribution in [3.63, 3.8) is 0 Å². The van der Waals surface area contributed by atoms with E-state index in [9.17, 15) is 0 Å². The molecule has 1 N–H and O–H groups in total. The van der Waals surface area contributed by atoms with E-state index in [0.29, 0.717) is 6.04 Å². The highest BCUT2D eigenvalue weighted by Crippen LogP contribution is 2.34. The van der Waals surface area contributed by atoms with Crippen molar-refractivity contribution in [2.45, 2.75) is 33.2 Å². The maximum atomic E-state index is 3.53. The van der Waals surface area contributed by atoms with Crippen LogP contribution >= 0.6 is 0 Å². The van der Waals surface area contributed by atoms with Gasteiger partial charge in [-0.05, 0) is 44.4 Å². The zero-order valence-corrected chi connectivity index (χ0v) is 10.1. The van der Waals surface area contributed by atoms with Crippen molar-refractivity contribution >= 4 is 11.4 Å². The van der Waals surface area contributed by atoms with Gasteiger partial charge in [0.1, 0.15) is 0 Å². The molecule has 0 saturated heterocycles. The maximum absolute atomic E-state index is 3.53. The molecule has 2 rings (SSSR count). The quantitative estimate of drug-likeness (QED) is 0.699. The Kier molecular flexibility index (Phi) is 2.59. The van der Waals surface area contributed by atoms with Crippen LogP contribution in [0.4, 0.5) is 11.4 Å². The summed E-state index contributed by atoms with van der Waals surface area (Å²) in [6.07, 6.45) is 1.20. The molecule has 1 heterocycles. The summed E-state index contributed by atoms with van der Waals surface area (Å²) < 4.78 is 0. The van der Waals surface area contributed by atoms with Gasteiger partial charge >= 0.3 is 0 Å². The van der Waals surface area contributed by atoms with Crippen molar-refractivity contribution in [2.75, 3.05) is 23.8 Å². The Hall–Kier alpha value is -1.18. The molecule has 0 bridgehead atoms. The van der Waals surface area contributed by atoms with Gasteiger partial charge in [0.25, 0.3) is 0 Å². The fraction of sp³-hybridized carbons (Fsp3) is 0.538. The molecule has 0 aromatic heterocycles. The minimum absolute atomic E-state index is 0.611. The minimum atomic E-state index is 0.611. The van der Waals surface area contributed by atoms with Crippen LogP contribution < -0.4 is 10.2 Å². The molecule has 82 valence electrons. The summed E-state index contributed by atoms with van der Waals surface area (Å²) in [6.45, 7) is 7.71. The second kappa shape index (κ2) is 3.76. The second-order valence-corrected chi connectivity index (χ2v) is 4.65. The van der Waals surface area contributed by atoms with Crippen molar-refractivity contribution < 1.29 is 0 Å². The first-order valence-corrected chi connectivity index (χ1v) is 5.67. The number of anilines is 2. The van der Waals surface area contributed by atoms with Gasteiger partial charge in [0.15, 0.2) is 0 Å². The molecule has 1 aliphatic rings. The smallest absolute Gasteiger partial charge is 0.0631 e. The summed E-state index contributed by atoms with van der Waals surface area (Å²) in [6, 6.07) is 5.12. The number of fused-ring (bicyclic) bond motifs is 1. The number of benzene rings is 1. The Labute approximate surface area is 92.3 Å². The third-order valence-electron chi connectivity index (χ3n) is 3.34. The Bertz CT molecular complexity index is 371. The highest BCUT2D eigenvalue weighted by molar-refractivity contribution is 5.75. The fourth-order valence-corrected chi connectivity index (χ4v) is 2.39. The fourth-order valence-electron chi connectivity index (χ4n) is 2.39. The minimum Gasteiger partial charge on any atom is -0.383 e. The van der Waals surface area contributed by atoms with E-state index in [4.69, 9.17) is 0 Å². The normalized spacial score (nSPS) is 20.5. The summed E-state index contributed by atoms with van der Waals surface area (Å²) in [7, 11) is 2.19. The van der Waals surface area contributed by atoms with Gasteiger partial charge in [0, 0.05) is 19.6 Å². The second-order valence-electron chi connectivity index (χ2n) is 4.65. The Morgan fingerprint density at radius 2 is 2.07 bits per heavy atom. The van der Waals surface area contributed by atoms with E-state index in [1.54, 1.807) is 0 Å². The van der Waals surface area contributed by atoms with Crippen LogP contribution in [-0.4, -0.2) is 19.6 Å². The molecule has 0 radical (unpaired) electrons. The molecule has 0 saturated carbocycles. The van der Waals surface area contributed by atoms with Crippen molar-refractivity contribution in [2.24, 2.45) is 0 Å². The van der Waals surface area contributed by atoms with Crippen LogP contribution in [-0.2, 0) is 0 Å². The zero-order chi connectivity index (χ0) is 11.0. The number of nitrogens with one attached hydrogen (secondary N) is 1. The molecule has 0 aliphatic carbocycles. The van der Waals surface area contributed by atoms with Gasteiger partial charge in [0.05, 0.1) is 11.4 Å². The first-order valence-electron chi connectivity index (χ1n) is 5.67. The highest BCUT2D eigenvalue weighted by Gasteiger charge is 2.19. The molecule has 0 fully saturated rings. The van der Waals surface area contributed by atoms with Gasteiger partial charge in [-0.3, -0.25) is 0 Å². The van der Waals surface area contributed by atoms with Gasteiger partial charge in [-0.2, -0.15) is 0 Å². The van der Waals surface area contributed by atoms with E-state index in [1.165, 1.54) is 28.9 Å². The van der Waals surface area contributed by atoms with Crippen LogP contribution in [0, 0.1) is 13.8 Å². The lowest BCUT2D eigenvalue weighted by Crippen LogP contribution is -2.28. The van der Waals surface area contributed by atoms with Gasteiger partial charge in [-0.1, -0.05) is 6.07 Å². The first-order chi connectivity index (χ1) is 7.09. The first kappa shape index (κ1) is 10.3. The predicted octanol–water partition coefficient (Wildman–Crippen LogP) is 2.94. The summed E-state index contributed by atoms with van der Waals surface area (Å²) in [4.78, 5) is 2.39. The molecule has 1 atom stereocenters. The lowest BCUT2D eigenvalue weighted by Gasteiger charge is -2.27. The Morgan fingerprint density at radius 3 is 2.80 bits per heavy atom. The lowest BCUT2D eigenvalue weighted by molar-refractivity contribution is 0.656. The van der Waals surface area contributed by atoms with Crippen molar-refractivity contribution in [3.8, 4) is 0 Å². The van der Waals surface area contributed by atoms with Gasteiger partial charge < -0.3 is 10.2 Å². The van der Waals surface area contributed by atoms with Gasteiger partial charge in [-0.25, -0.2) is 0 Å². The van der Waals surface area contributed by atoms with Crippen molar-refractivity contribution in [1.82, 2.24) is 0 Å². The maximum Gasteiger partial charge on any atom is 0.0631 e. The van der Waals surface area contributed by atoms with Gasteiger partial charge in [0.2, 0.25) is 0 Å². The summed E-state index contributed by atoms with van der Waals surface area (Å²) in [5, 5.41) is 3.53. The van der Waals surface area contributed by atoms with Crippen LogP contribution in [0.15, 0.2) is 12.1 Å². The van der Waals surface area contributed by atoms with Crippen molar-refractivity contribution in [1.29, 1.82) is 0 Å². The number of aryl methyl sites for hydroxylation is 2. The van der Waals surface area contributed by atoms with Crippen LogP contribution in [0.1, 0.15) is 24.5 Å². The average Bonchev–Trinajstić information content (AvgIpc) is 2.27. The number of hydrogen-bond donors (Lipinski definition) is 1. The molecule has 1 aliphatic heterocycles. The molecule has 0 amide bonds. The molecule has 0 spiro atoms. The number of nitrogens with zero attached hydrogens (tertiary/aromatic N) is 1. The van der Waals surface area contributed by atoms with Crippen LogP contribution in [0.3, 0.4) is 0 Å². The van der Waals surface area contributed by atoms with E-state index in [1.807, 2.05) is 0 Å². The summed E-state index contributed by atoms with van der Waals surface area (Å²) in [5.41, 5.74) is 5.36. The summed E-state index contributed by atoms with van der Waals surface area (Å²) >= 11 is 0. The molecule has 2 heteroatoms.